The van der Waals surface area contributed by atoms with Crippen molar-refractivity contribution in [3.8, 4) is 55.9 Å². The highest BCUT2D eigenvalue weighted by atomic mass is 16.5. The summed E-state index contributed by atoms with van der Waals surface area (Å²) in [7, 11) is 5.63. The first-order valence-electron chi connectivity index (χ1n) is 39.7. The molecule has 0 aliphatic carbocycles. The van der Waals surface area contributed by atoms with Gasteiger partial charge in [0.1, 0.15) is 0 Å². The van der Waals surface area contributed by atoms with Crippen LogP contribution in [0.2, 0.25) is 0 Å². The van der Waals surface area contributed by atoms with Crippen molar-refractivity contribution < 1.29 is 38.1 Å². The molecule has 0 N–H and O–H groups in total. The van der Waals surface area contributed by atoms with E-state index in [0.717, 1.165) is 155 Å². The number of esters is 4. The molecular formula is C108H76N4O8. The quantitative estimate of drug-likeness (QED) is 0.0525. The Bertz CT molecular complexity index is 7250. The number of methoxy groups -OCH3 is 4. The number of carbonyl (C=O) groups is 4. The molecule has 0 atom stereocenters. The Morgan fingerprint density at radius 3 is 0.867 bits per heavy atom. The van der Waals surface area contributed by atoms with E-state index in [1.165, 1.54) is 50.0 Å². The molecule has 18 aromatic carbocycles. The predicted octanol–water partition coefficient (Wildman–Crippen LogP) is 26.9. The van der Waals surface area contributed by atoms with Gasteiger partial charge in [0.05, 0.1) is 78.4 Å². The molecule has 20 rings (SSSR count). The fraction of sp³-hybridized carbons (Fsp3) is 0.0370. The van der Waals surface area contributed by atoms with Crippen LogP contribution >= 0.6 is 0 Å². The lowest BCUT2D eigenvalue weighted by Crippen LogP contribution is -2.12. The van der Waals surface area contributed by atoms with Crippen molar-refractivity contribution in [2.24, 2.45) is 0 Å². The second-order valence-corrected chi connectivity index (χ2v) is 29.3. The normalized spacial score (nSPS) is 11.3. The third-order valence-corrected chi connectivity index (χ3v) is 22.9. The van der Waals surface area contributed by atoms with E-state index < -0.39 is 23.9 Å². The van der Waals surface area contributed by atoms with Crippen LogP contribution in [0.4, 0.5) is 34.1 Å². The molecule has 0 saturated carbocycles. The van der Waals surface area contributed by atoms with Crippen molar-refractivity contribution in [1.29, 1.82) is 0 Å². The molecule has 12 heteroatoms. The predicted molar refractivity (Wildman–Crippen MR) is 488 cm³/mol. The number of hydrogen-bond acceptors (Lipinski definition) is 10. The molecule has 0 unspecified atom stereocenters. The van der Waals surface area contributed by atoms with Gasteiger partial charge in [0, 0.05) is 72.3 Å². The maximum absolute atomic E-state index is 13.6. The lowest BCUT2D eigenvalue weighted by molar-refractivity contribution is 0.0592. The summed E-state index contributed by atoms with van der Waals surface area (Å²) >= 11 is 0. The van der Waals surface area contributed by atoms with Crippen LogP contribution in [0.15, 0.2) is 388 Å². The van der Waals surface area contributed by atoms with Crippen molar-refractivity contribution in [2.75, 3.05) is 38.2 Å². The lowest BCUT2D eigenvalue weighted by Gasteiger charge is -2.29. The van der Waals surface area contributed by atoms with Crippen LogP contribution in [-0.2, 0) is 18.9 Å². The van der Waals surface area contributed by atoms with Gasteiger partial charge in [0.2, 0.25) is 0 Å². The van der Waals surface area contributed by atoms with Gasteiger partial charge in [-0.15, -0.1) is 0 Å². The van der Waals surface area contributed by atoms with E-state index in [2.05, 4.69) is 249 Å². The van der Waals surface area contributed by atoms with E-state index in [4.69, 9.17) is 18.9 Å². The fourth-order valence-corrected chi connectivity index (χ4v) is 17.7. The number of aromatic nitrogens is 2. The number of anilines is 6. The Morgan fingerprint density at radius 2 is 0.483 bits per heavy atom. The van der Waals surface area contributed by atoms with Crippen LogP contribution in [0.1, 0.15) is 41.4 Å². The van der Waals surface area contributed by atoms with E-state index in [9.17, 15) is 19.2 Å². The molecule has 576 valence electrons. The topological polar surface area (TPSA) is 122 Å². The Morgan fingerprint density at radius 1 is 0.217 bits per heavy atom. The third-order valence-electron chi connectivity index (χ3n) is 22.9. The summed E-state index contributed by atoms with van der Waals surface area (Å²) in [5.74, 6) is -1.69. The second-order valence-electron chi connectivity index (χ2n) is 29.3. The van der Waals surface area contributed by atoms with E-state index in [1.807, 2.05) is 140 Å². The molecule has 0 aliphatic heterocycles. The summed E-state index contributed by atoms with van der Waals surface area (Å²) in [6.07, 6.45) is 0. The van der Waals surface area contributed by atoms with Crippen molar-refractivity contribution in [3.63, 3.8) is 0 Å². The molecular weight excluding hydrogens is 1480 g/mol. The number of fused-ring (bicyclic) bond motifs is 10. The number of nitrogens with zero attached hydrogens (tertiary/aromatic N) is 4. The van der Waals surface area contributed by atoms with Gasteiger partial charge in [-0.1, -0.05) is 249 Å². The Hall–Kier alpha value is -15.9. The van der Waals surface area contributed by atoms with Crippen LogP contribution in [0.5, 0.6) is 0 Å². The number of carbonyl (C=O) groups excluding carboxylic acids is 4. The van der Waals surface area contributed by atoms with Crippen LogP contribution in [0, 0.1) is 0 Å². The van der Waals surface area contributed by atoms with Gasteiger partial charge in [0.25, 0.3) is 0 Å². The molecule has 0 radical (unpaired) electrons. The molecule has 12 nitrogen and oxygen atoms in total. The molecule has 0 saturated heterocycles. The maximum Gasteiger partial charge on any atom is 0.338 e. The van der Waals surface area contributed by atoms with E-state index >= 15 is 0 Å². The minimum absolute atomic E-state index is 0.417. The largest absolute Gasteiger partial charge is 0.465 e. The number of para-hydroxylation sites is 6. The molecule has 0 fully saturated rings. The van der Waals surface area contributed by atoms with Gasteiger partial charge < -0.3 is 37.9 Å². The summed E-state index contributed by atoms with van der Waals surface area (Å²) in [6.45, 7) is 0. The Kier molecular flexibility index (Phi) is 19.6. The van der Waals surface area contributed by atoms with E-state index in [0.29, 0.717) is 22.3 Å². The second kappa shape index (κ2) is 31.7. The van der Waals surface area contributed by atoms with Crippen molar-refractivity contribution in [3.05, 3.63) is 411 Å². The van der Waals surface area contributed by atoms with Gasteiger partial charge in [0.15, 0.2) is 0 Å². The number of hydrogen-bond donors (Lipinski definition) is 0. The first-order chi connectivity index (χ1) is 59.1. The zero-order valence-electron chi connectivity index (χ0n) is 66.0. The number of ether oxygens (including phenoxy) is 4. The first-order valence-corrected chi connectivity index (χ1v) is 39.7. The van der Waals surface area contributed by atoms with Crippen LogP contribution in [0.3, 0.4) is 0 Å². The van der Waals surface area contributed by atoms with Gasteiger partial charge in [-0.3, -0.25) is 0 Å². The van der Waals surface area contributed by atoms with Gasteiger partial charge in [-0.25, -0.2) is 19.2 Å². The summed E-state index contributed by atoms with van der Waals surface area (Å²) in [5, 5.41) is 12.2. The van der Waals surface area contributed by atoms with Crippen molar-refractivity contribution in [1.82, 2.24) is 9.13 Å². The van der Waals surface area contributed by atoms with Crippen molar-refractivity contribution in [2.45, 2.75) is 0 Å². The van der Waals surface area contributed by atoms with Gasteiger partial charge >= 0.3 is 23.9 Å². The highest BCUT2D eigenvalue weighted by Gasteiger charge is 2.30. The summed E-state index contributed by atoms with van der Waals surface area (Å²) < 4.78 is 26.0. The highest BCUT2D eigenvalue weighted by Crippen LogP contribution is 2.53. The minimum Gasteiger partial charge on any atom is -0.465 e. The Labute approximate surface area is 692 Å². The number of rotatable bonds is 16. The van der Waals surface area contributed by atoms with E-state index in [-0.39, 0.29) is 0 Å². The Balaban J connectivity index is 0.000000159. The molecule has 2 aromatic heterocycles. The standard InChI is InChI=1S/2C54H38N2O4/c1-59-53(57)44-25-10-8-23-42(44)50-40-21-6-7-22-41(40)51(43-24-9-11-26-45(43)54(58)60-2)52-46(50)27-16-30-49(52)55(35-17-4-3-5-18-35)36-31-33-37(34-32-36)56-47-28-14-12-19-38(47)39-20-13-15-29-48(39)56;1-59-53(57)46-24-10-8-22-43(46)51-41-20-6-7-21-42(41)52(44-23-9-11-25-47(44)54(58)60-2)48-34-38(32-33-45(48)51)55(35-16-4-3-5-17-35)36-28-30-37(31-29-36)56-49-26-14-12-18-39(49)40-19-13-15-27-50(40)56/h2*3-34H,1-2H3. The SMILES string of the molecule is COC(=O)c1ccccc1-c1c2ccccc2c(-c2ccccc2C(=O)OC)c2c(N(c3ccccc3)c3ccc(-n4c5ccccc5c5ccccc54)cc3)cccc12.COC(=O)c1ccccc1-c1c2ccccc2c(-c2ccccc2C(=O)OC)c2cc(N(c3ccccc3)c3ccc(-n4c5ccccc5c5ccccc54)cc3)ccc12. The van der Waals surface area contributed by atoms with Gasteiger partial charge in [-0.05, 0) is 216 Å². The molecule has 0 amide bonds. The first kappa shape index (κ1) is 74.2. The summed E-state index contributed by atoms with van der Waals surface area (Å²) in [4.78, 5) is 58.3. The molecule has 2 heterocycles. The van der Waals surface area contributed by atoms with Crippen molar-refractivity contribution >= 4 is 145 Å². The van der Waals surface area contributed by atoms with Crippen LogP contribution in [-0.4, -0.2) is 61.5 Å². The average molecular weight is 1560 g/mol. The average Bonchev–Trinajstić information content (AvgIpc) is 1.30. The molecule has 0 spiro atoms. The lowest BCUT2D eigenvalue weighted by atomic mass is 9.83. The summed E-state index contributed by atoms with van der Waals surface area (Å²) in [5.41, 5.74) is 20.7. The highest BCUT2D eigenvalue weighted by molar-refractivity contribution is 6.28. The summed E-state index contributed by atoms with van der Waals surface area (Å²) in [6, 6.07) is 132. The fourth-order valence-electron chi connectivity index (χ4n) is 17.7. The minimum atomic E-state index is -0.430. The molecule has 120 heavy (non-hydrogen) atoms. The molecule has 0 bridgehead atoms. The number of benzene rings is 18. The maximum atomic E-state index is 13.6. The zero-order chi connectivity index (χ0) is 81.5. The van der Waals surface area contributed by atoms with Crippen LogP contribution in [0.25, 0.3) is 143 Å². The van der Waals surface area contributed by atoms with E-state index in [1.54, 1.807) is 18.2 Å². The zero-order valence-corrected chi connectivity index (χ0v) is 66.0. The van der Waals surface area contributed by atoms with Gasteiger partial charge in [-0.2, -0.15) is 0 Å². The smallest absolute Gasteiger partial charge is 0.338 e. The third kappa shape index (κ3) is 12.8. The monoisotopic (exact) mass is 1560 g/mol. The molecule has 0 aliphatic rings. The molecule has 20 aromatic rings. The van der Waals surface area contributed by atoms with Crippen LogP contribution < -0.4 is 9.80 Å².